The number of nitrogens with zero attached hydrogens (tertiary/aromatic N) is 4. The van der Waals surface area contributed by atoms with Crippen molar-refractivity contribution in [2.45, 2.75) is 31.5 Å². The van der Waals surface area contributed by atoms with Crippen molar-refractivity contribution in [1.29, 1.82) is 0 Å². The Morgan fingerprint density at radius 1 is 1.26 bits per heavy atom. The van der Waals surface area contributed by atoms with E-state index in [4.69, 9.17) is 11.6 Å². The maximum absolute atomic E-state index is 13.2. The highest BCUT2D eigenvalue weighted by molar-refractivity contribution is 6.30. The average molecular weight is 405 g/mol. The summed E-state index contributed by atoms with van der Waals surface area (Å²) in [6.07, 6.45) is -4.70. The van der Waals surface area contributed by atoms with Gasteiger partial charge in [-0.2, -0.15) is 15.2 Å². The summed E-state index contributed by atoms with van der Waals surface area (Å²) in [6, 6.07) is 5.73. The zero-order valence-electron chi connectivity index (χ0n) is 13.6. The third-order valence-corrected chi connectivity index (χ3v) is 4.17. The number of alkyl halides is 4. The highest BCUT2D eigenvalue weighted by Gasteiger charge is 2.53. The summed E-state index contributed by atoms with van der Waals surface area (Å²) < 4.78 is 53.6. The fourth-order valence-corrected chi connectivity index (χ4v) is 2.75. The minimum atomic E-state index is -3.47. The molecule has 144 valence electrons. The molecule has 1 amide bonds. The number of amides is 1. The number of aliphatic hydroxyl groups is 1. The van der Waals surface area contributed by atoms with Crippen LogP contribution < -0.4 is 0 Å². The number of carbonyl (C=O) groups is 1. The molecule has 0 unspecified atom stereocenters. The zero-order chi connectivity index (χ0) is 19.8. The first-order valence-corrected chi connectivity index (χ1v) is 8.06. The smallest absolute Gasteiger partial charge is 0.287 e. The van der Waals surface area contributed by atoms with Gasteiger partial charge in [0.15, 0.2) is 0 Å². The number of rotatable bonds is 5. The molecule has 0 spiro atoms. The molecule has 11 heteroatoms. The minimum absolute atomic E-state index is 0.0292. The van der Waals surface area contributed by atoms with Crippen molar-refractivity contribution < 1.29 is 27.5 Å². The fourth-order valence-electron chi connectivity index (χ4n) is 2.59. The molecule has 0 saturated heterocycles. The van der Waals surface area contributed by atoms with Gasteiger partial charge in [-0.1, -0.05) is 23.7 Å². The number of aromatic nitrogens is 2. The standard InChI is InChI=1S/C16H13ClF4N4O2/c17-11-6-22-24(8-11)7-9-1-3-10(4-2-9)14(26)25-16(27,15(20)21)5-12(23-25)13(18)19/h1-4,6,8,13,15,27H,5,7H2/t16-/m0/s1. The second kappa shape index (κ2) is 7.28. The van der Waals surface area contributed by atoms with Gasteiger partial charge in [0.1, 0.15) is 5.71 Å². The van der Waals surface area contributed by atoms with Crippen LogP contribution in [0.25, 0.3) is 0 Å². The van der Waals surface area contributed by atoms with E-state index in [1.165, 1.54) is 30.5 Å². The van der Waals surface area contributed by atoms with Crippen molar-refractivity contribution in [3.8, 4) is 0 Å². The van der Waals surface area contributed by atoms with Gasteiger partial charge in [-0.05, 0) is 17.7 Å². The Kier molecular flexibility index (Phi) is 5.20. The number of carbonyl (C=O) groups excluding carboxylic acids is 1. The van der Waals surface area contributed by atoms with Crippen LogP contribution in [0.1, 0.15) is 22.3 Å². The predicted octanol–water partition coefficient (Wildman–Crippen LogP) is 3.01. The zero-order valence-corrected chi connectivity index (χ0v) is 14.3. The van der Waals surface area contributed by atoms with Crippen LogP contribution in [-0.2, 0) is 6.54 Å². The topological polar surface area (TPSA) is 70.7 Å². The van der Waals surface area contributed by atoms with Crippen LogP contribution in [-0.4, -0.2) is 50.1 Å². The third kappa shape index (κ3) is 3.81. The van der Waals surface area contributed by atoms with E-state index in [-0.39, 0.29) is 10.6 Å². The average Bonchev–Trinajstić information content (AvgIpc) is 3.19. The normalized spacial score (nSPS) is 19.9. The second-order valence-corrected chi connectivity index (χ2v) is 6.35. The first kappa shape index (κ1) is 19.3. The molecular formula is C16H13ClF4N4O2. The molecule has 0 radical (unpaired) electrons. The summed E-state index contributed by atoms with van der Waals surface area (Å²) in [5, 5.41) is 17.7. The van der Waals surface area contributed by atoms with E-state index in [0.717, 1.165) is 5.56 Å². The number of hydrogen-bond acceptors (Lipinski definition) is 4. The van der Waals surface area contributed by atoms with Crippen LogP contribution >= 0.6 is 11.6 Å². The summed E-state index contributed by atoms with van der Waals surface area (Å²) >= 11 is 5.77. The number of halogens is 5. The molecular weight excluding hydrogens is 392 g/mol. The minimum Gasteiger partial charge on any atom is -0.364 e. The third-order valence-electron chi connectivity index (χ3n) is 3.98. The van der Waals surface area contributed by atoms with Crippen LogP contribution in [0.5, 0.6) is 0 Å². The molecule has 1 aliphatic heterocycles. The lowest BCUT2D eigenvalue weighted by atomic mass is 10.1. The van der Waals surface area contributed by atoms with E-state index in [1.54, 1.807) is 10.9 Å². The first-order chi connectivity index (χ1) is 12.7. The summed E-state index contributed by atoms with van der Waals surface area (Å²) in [5.41, 5.74) is -3.43. The van der Waals surface area contributed by atoms with Crippen LogP contribution in [0.2, 0.25) is 5.02 Å². The van der Waals surface area contributed by atoms with Crippen LogP contribution in [0, 0.1) is 0 Å². The molecule has 3 rings (SSSR count). The Hall–Kier alpha value is -2.46. The van der Waals surface area contributed by atoms with Gasteiger partial charge < -0.3 is 5.11 Å². The van der Waals surface area contributed by atoms with Gasteiger partial charge in [0.2, 0.25) is 5.72 Å². The molecule has 0 bridgehead atoms. The molecule has 0 aliphatic carbocycles. The lowest BCUT2D eigenvalue weighted by Gasteiger charge is -2.30. The van der Waals surface area contributed by atoms with Crippen LogP contribution in [0.4, 0.5) is 17.6 Å². The fraction of sp³-hybridized carbons (Fsp3) is 0.312. The van der Waals surface area contributed by atoms with Crippen molar-refractivity contribution in [1.82, 2.24) is 14.8 Å². The summed E-state index contributed by atoms with van der Waals surface area (Å²) in [7, 11) is 0. The number of benzene rings is 1. The molecule has 6 nitrogen and oxygen atoms in total. The van der Waals surface area contributed by atoms with Crippen molar-refractivity contribution in [3.05, 3.63) is 52.8 Å². The summed E-state index contributed by atoms with van der Waals surface area (Å²) in [6.45, 7) is 0.347. The van der Waals surface area contributed by atoms with Gasteiger partial charge in [-0.25, -0.2) is 17.6 Å². The van der Waals surface area contributed by atoms with E-state index in [0.29, 0.717) is 11.6 Å². The van der Waals surface area contributed by atoms with Crippen molar-refractivity contribution in [3.63, 3.8) is 0 Å². The van der Waals surface area contributed by atoms with Crippen LogP contribution in [0.15, 0.2) is 41.8 Å². The van der Waals surface area contributed by atoms with Crippen molar-refractivity contribution in [2.24, 2.45) is 5.10 Å². The highest BCUT2D eigenvalue weighted by atomic mass is 35.5. The Bertz CT molecular complexity index is 872. The quantitative estimate of drug-likeness (QED) is 0.779. The van der Waals surface area contributed by atoms with Gasteiger partial charge in [0.25, 0.3) is 18.8 Å². The molecule has 27 heavy (non-hydrogen) atoms. The van der Waals surface area contributed by atoms with E-state index in [9.17, 15) is 27.5 Å². The number of hydrazone groups is 1. The van der Waals surface area contributed by atoms with Gasteiger partial charge in [-0.15, -0.1) is 0 Å². The predicted molar refractivity (Wildman–Crippen MR) is 88.0 cm³/mol. The largest absolute Gasteiger partial charge is 0.364 e. The maximum Gasteiger partial charge on any atom is 0.287 e. The van der Waals surface area contributed by atoms with E-state index in [2.05, 4.69) is 10.2 Å². The SMILES string of the molecule is O=C(c1ccc(Cn2cc(Cl)cn2)cc1)N1N=C(C(F)F)C[C@]1(O)C(F)F. The maximum atomic E-state index is 13.2. The highest BCUT2D eigenvalue weighted by Crippen LogP contribution is 2.34. The summed E-state index contributed by atoms with van der Waals surface area (Å²) in [4.78, 5) is 12.5. The van der Waals surface area contributed by atoms with Gasteiger partial charge in [-0.3, -0.25) is 9.48 Å². The lowest BCUT2D eigenvalue weighted by Crippen LogP contribution is -2.51. The Morgan fingerprint density at radius 2 is 1.93 bits per heavy atom. The summed E-state index contributed by atoms with van der Waals surface area (Å²) in [5.74, 6) is -1.11. The van der Waals surface area contributed by atoms with Crippen LogP contribution in [0.3, 0.4) is 0 Å². The Labute approximate surface area is 155 Å². The van der Waals surface area contributed by atoms with Gasteiger partial charge in [0, 0.05) is 18.2 Å². The first-order valence-electron chi connectivity index (χ1n) is 7.68. The molecule has 2 heterocycles. The number of hydrogen-bond donors (Lipinski definition) is 1. The van der Waals surface area contributed by atoms with E-state index < -0.39 is 36.6 Å². The molecule has 2 aromatic rings. The Morgan fingerprint density at radius 3 is 2.44 bits per heavy atom. The van der Waals surface area contributed by atoms with Crippen molar-refractivity contribution >= 4 is 23.2 Å². The molecule has 0 saturated carbocycles. The molecule has 1 aromatic heterocycles. The van der Waals surface area contributed by atoms with E-state index >= 15 is 0 Å². The molecule has 1 N–H and O–H groups in total. The second-order valence-electron chi connectivity index (χ2n) is 5.92. The monoisotopic (exact) mass is 404 g/mol. The lowest BCUT2D eigenvalue weighted by molar-refractivity contribution is -0.164. The van der Waals surface area contributed by atoms with Gasteiger partial charge >= 0.3 is 0 Å². The molecule has 1 aliphatic rings. The molecule has 1 atom stereocenters. The van der Waals surface area contributed by atoms with E-state index in [1.807, 2.05) is 0 Å². The molecule has 1 aromatic carbocycles. The van der Waals surface area contributed by atoms with Crippen molar-refractivity contribution in [2.75, 3.05) is 0 Å². The van der Waals surface area contributed by atoms with Gasteiger partial charge in [0.05, 0.1) is 17.8 Å². The molecule has 0 fully saturated rings. The Balaban J connectivity index is 1.81.